The number of nitrogens with one attached hydrogen (secondary N) is 1. The van der Waals surface area contributed by atoms with E-state index in [1.54, 1.807) is 6.26 Å². The number of nitrogens with zero attached hydrogens (tertiary/aromatic N) is 3. The summed E-state index contributed by atoms with van der Waals surface area (Å²) in [6, 6.07) is 17.5. The molecule has 1 fully saturated rings. The van der Waals surface area contributed by atoms with Crippen LogP contribution in [-0.4, -0.2) is 49.0 Å². The smallest absolute Gasteiger partial charge is 0.251 e. The van der Waals surface area contributed by atoms with E-state index in [1.165, 1.54) is 0 Å². The zero-order valence-electron chi connectivity index (χ0n) is 16.0. The second kappa shape index (κ2) is 8.27. The number of hydrogen-bond acceptors (Lipinski definition) is 5. The standard InChI is InChI=1S/C22H24N4O2/c1-25-11-13-26(14-12-25)20-9-7-17(8-10-20)21(27)23-15-19-16-28-22(24-19)18-5-3-2-4-6-18/h2-10,16H,11-15H2,1H3,(H,23,27). The Bertz CT molecular complexity index is 913. The SMILES string of the molecule is CN1CCN(c2ccc(C(=O)NCc3coc(-c4ccccc4)n3)cc2)CC1. The van der Waals surface area contributed by atoms with E-state index >= 15 is 0 Å². The Balaban J connectivity index is 1.33. The first kappa shape index (κ1) is 18.3. The summed E-state index contributed by atoms with van der Waals surface area (Å²) >= 11 is 0. The number of amides is 1. The fourth-order valence-corrected chi connectivity index (χ4v) is 3.26. The van der Waals surface area contributed by atoms with Crippen LogP contribution in [0, 0.1) is 0 Å². The average Bonchev–Trinajstić information content (AvgIpc) is 3.22. The number of anilines is 1. The number of hydrogen-bond donors (Lipinski definition) is 1. The molecule has 6 nitrogen and oxygen atoms in total. The Hall–Kier alpha value is -3.12. The van der Waals surface area contributed by atoms with E-state index in [1.807, 2.05) is 54.6 Å². The van der Waals surface area contributed by atoms with Crippen LogP contribution in [0.2, 0.25) is 0 Å². The summed E-state index contributed by atoms with van der Waals surface area (Å²) < 4.78 is 5.51. The highest BCUT2D eigenvalue weighted by atomic mass is 16.3. The number of rotatable bonds is 5. The normalized spacial score (nSPS) is 14.8. The van der Waals surface area contributed by atoms with Crippen molar-refractivity contribution in [2.45, 2.75) is 6.54 Å². The molecule has 0 unspecified atom stereocenters. The molecule has 0 aliphatic carbocycles. The molecule has 1 saturated heterocycles. The minimum absolute atomic E-state index is 0.116. The Morgan fingerprint density at radius 3 is 2.46 bits per heavy atom. The van der Waals surface area contributed by atoms with Crippen LogP contribution >= 0.6 is 0 Å². The summed E-state index contributed by atoms with van der Waals surface area (Å²) in [6.45, 7) is 4.47. The van der Waals surface area contributed by atoms with Gasteiger partial charge in [-0.2, -0.15) is 0 Å². The molecule has 0 atom stereocenters. The number of carbonyl (C=O) groups is 1. The largest absolute Gasteiger partial charge is 0.444 e. The number of carbonyl (C=O) groups excluding carboxylic acids is 1. The molecule has 1 aliphatic rings. The molecule has 28 heavy (non-hydrogen) atoms. The van der Waals surface area contributed by atoms with Crippen LogP contribution in [0.3, 0.4) is 0 Å². The molecular formula is C22H24N4O2. The lowest BCUT2D eigenvalue weighted by Crippen LogP contribution is -2.44. The lowest BCUT2D eigenvalue weighted by atomic mass is 10.1. The minimum atomic E-state index is -0.116. The van der Waals surface area contributed by atoms with Crippen LogP contribution < -0.4 is 10.2 Å². The summed E-state index contributed by atoms with van der Waals surface area (Å²) in [4.78, 5) is 21.5. The van der Waals surface area contributed by atoms with Gasteiger partial charge in [0.15, 0.2) is 0 Å². The third kappa shape index (κ3) is 4.23. The molecule has 1 aromatic heterocycles. The number of piperazine rings is 1. The first-order valence-electron chi connectivity index (χ1n) is 9.50. The molecule has 144 valence electrons. The second-order valence-electron chi connectivity index (χ2n) is 7.03. The lowest BCUT2D eigenvalue weighted by Gasteiger charge is -2.34. The van der Waals surface area contributed by atoms with Gasteiger partial charge in [-0.15, -0.1) is 0 Å². The number of aromatic nitrogens is 1. The summed E-state index contributed by atoms with van der Waals surface area (Å²) in [5.41, 5.74) is 3.42. The highest BCUT2D eigenvalue weighted by Crippen LogP contribution is 2.19. The van der Waals surface area contributed by atoms with Crippen molar-refractivity contribution in [1.29, 1.82) is 0 Å². The van der Waals surface area contributed by atoms with Crippen molar-refractivity contribution in [3.8, 4) is 11.5 Å². The van der Waals surface area contributed by atoms with Crippen LogP contribution in [0.25, 0.3) is 11.5 Å². The minimum Gasteiger partial charge on any atom is -0.444 e. The Labute approximate surface area is 164 Å². The van der Waals surface area contributed by atoms with Crippen LogP contribution in [0.1, 0.15) is 16.1 Å². The summed E-state index contributed by atoms with van der Waals surface area (Å²) in [7, 11) is 2.14. The molecule has 0 bridgehead atoms. The maximum Gasteiger partial charge on any atom is 0.251 e. The lowest BCUT2D eigenvalue weighted by molar-refractivity contribution is 0.0950. The van der Waals surface area contributed by atoms with Crippen LogP contribution in [-0.2, 0) is 6.54 Å². The van der Waals surface area contributed by atoms with Crippen molar-refractivity contribution < 1.29 is 9.21 Å². The molecule has 0 spiro atoms. The van der Waals surface area contributed by atoms with Gasteiger partial charge in [-0.3, -0.25) is 4.79 Å². The number of oxazole rings is 1. The second-order valence-corrected chi connectivity index (χ2v) is 7.03. The van der Waals surface area contributed by atoms with Crippen molar-refractivity contribution in [3.63, 3.8) is 0 Å². The van der Waals surface area contributed by atoms with Crippen LogP contribution in [0.5, 0.6) is 0 Å². The van der Waals surface area contributed by atoms with Gasteiger partial charge in [0.2, 0.25) is 5.89 Å². The first-order valence-corrected chi connectivity index (χ1v) is 9.50. The zero-order valence-corrected chi connectivity index (χ0v) is 16.0. The number of benzene rings is 2. The van der Waals surface area contributed by atoms with E-state index in [0.717, 1.165) is 37.4 Å². The van der Waals surface area contributed by atoms with Crippen molar-refractivity contribution in [2.24, 2.45) is 0 Å². The van der Waals surface area contributed by atoms with Gasteiger partial charge in [-0.1, -0.05) is 18.2 Å². The van der Waals surface area contributed by atoms with E-state index < -0.39 is 0 Å². The topological polar surface area (TPSA) is 61.6 Å². The maximum atomic E-state index is 12.4. The maximum absolute atomic E-state index is 12.4. The van der Waals surface area contributed by atoms with Crippen molar-refractivity contribution in [1.82, 2.24) is 15.2 Å². The van der Waals surface area contributed by atoms with Gasteiger partial charge >= 0.3 is 0 Å². The summed E-state index contributed by atoms with van der Waals surface area (Å²) in [5.74, 6) is 0.440. The summed E-state index contributed by atoms with van der Waals surface area (Å²) in [5, 5.41) is 2.90. The Morgan fingerprint density at radius 1 is 1.04 bits per heavy atom. The Morgan fingerprint density at radius 2 is 1.75 bits per heavy atom. The molecule has 1 amide bonds. The van der Waals surface area contributed by atoms with Crippen LogP contribution in [0.15, 0.2) is 65.3 Å². The molecule has 0 radical (unpaired) electrons. The highest BCUT2D eigenvalue weighted by Gasteiger charge is 2.15. The third-order valence-corrected chi connectivity index (χ3v) is 5.00. The first-order chi connectivity index (χ1) is 13.7. The van der Waals surface area contributed by atoms with Gasteiger partial charge in [0.1, 0.15) is 6.26 Å². The Kier molecular flexibility index (Phi) is 5.39. The van der Waals surface area contributed by atoms with Gasteiger partial charge < -0.3 is 19.5 Å². The molecule has 2 heterocycles. The molecular weight excluding hydrogens is 352 g/mol. The molecule has 2 aromatic carbocycles. The van der Waals surface area contributed by atoms with Crippen molar-refractivity contribution in [3.05, 3.63) is 72.1 Å². The van der Waals surface area contributed by atoms with Crippen LogP contribution in [0.4, 0.5) is 5.69 Å². The average molecular weight is 376 g/mol. The van der Waals surface area contributed by atoms with Crippen molar-refractivity contribution >= 4 is 11.6 Å². The molecule has 1 aliphatic heterocycles. The van der Waals surface area contributed by atoms with Gasteiger partial charge in [0.25, 0.3) is 5.91 Å². The van der Waals surface area contributed by atoms with Gasteiger partial charge in [-0.25, -0.2) is 4.98 Å². The molecule has 3 aromatic rings. The summed E-state index contributed by atoms with van der Waals surface area (Å²) in [6.07, 6.45) is 1.58. The fraction of sp³-hybridized carbons (Fsp3) is 0.273. The van der Waals surface area contributed by atoms with E-state index in [9.17, 15) is 4.79 Å². The fourth-order valence-electron chi connectivity index (χ4n) is 3.26. The number of likely N-dealkylation sites (N-methyl/N-ethyl adjacent to an activating group) is 1. The van der Waals surface area contributed by atoms with E-state index in [4.69, 9.17) is 4.42 Å². The van der Waals surface area contributed by atoms with E-state index in [0.29, 0.717) is 23.7 Å². The molecule has 4 rings (SSSR count). The predicted octanol–water partition coefficient (Wildman–Crippen LogP) is 3.02. The molecule has 1 N–H and O–H groups in total. The zero-order chi connectivity index (χ0) is 19.3. The van der Waals surface area contributed by atoms with Crippen molar-refractivity contribution in [2.75, 3.05) is 38.1 Å². The highest BCUT2D eigenvalue weighted by molar-refractivity contribution is 5.94. The monoisotopic (exact) mass is 376 g/mol. The van der Waals surface area contributed by atoms with Gasteiger partial charge in [0.05, 0.1) is 12.2 Å². The molecule has 6 heteroatoms. The van der Waals surface area contributed by atoms with E-state index in [-0.39, 0.29) is 5.91 Å². The third-order valence-electron chi connectivity index (χ3n) is 5.00. The van der Waals surface area contributed by atoms with E-state index in [2.05, 4.69) is 27.1 Å². The molecule has 0 saturated carbocycles. The van der Waals surface area contributed by atoms with Gasteiger partial charge in [0, 0.05) is 43.0 Å². The van der Waals surface area contributed by atoms with Gasteiger partial charge in [-0.05, 0) is 43.4 Å². The predicted molar refractivity (Wildman–Crippen MR) is 109 cm³/mol. The quantitative estimate of drug-likeness (QED) is 0.742.